The number of hydrogen-bond donors (Lipinski definition) is 0. The number of sulfone groups is 1. The molecule has 9 heteroatoms. The largest absolute Gasteiger partial charge is 0.336 e. The van der Waals surface area contributed by atoms with Crippen LogP contribution in [0.3, 0.4) is 0 Å². The lowest BCUT2D eigenvalue weighted by Gasteiger charge is -2.00. The van der Waals surface area contributed by atoms with E-state index >= 15 is 0 Å². The number of hydrogen-bond acceptors (Lipinski definition) is 5. The molecule has 0 amide bonds. The molecule has 6 nitrogen and oxygen atoms in total. The SMILES string of the molecule is CS(=O)(=O)CCCn1cnc(S(=O)(=O)Cl)c1. The van der Waals surface area contributed by atoms with Crippen molar-refractivity contribution < 1.29 is 16.8 Å². The zero-order valence-corrected chi connectivity index (χ0v) is 10.9. The van der Waals surface area contributed by atoms with E-state index in [1.807, 2.05) is 0 Å². The van der Waals surface area contributed by atoms with Gasteiger partial charge in [-0.15, -0.1) is 0 Å². The van der Waals surface area contributed by atoms with Gasteiger partial charge in [0.25, 0.3) is 9.05 Å². The first kappa shape index (κ1) is 13.5. The molecule has 1 aromatic rings. The molecule has 0 N–H and O–H groups in total. The molecule has 0 unspecified atom stereocenters. The van der Waals surface area contributed by atoms with Crippen molar-refractivity contribution >= 4 is 29.6 Å². The zero-order chi connectivity index (χ0) is 12.4. The van der Waals surface area contributed by atoms with Gasteiger partial charge in [0.05, 0.1) is 12.1 Å². The first-order chi connectivity index (χ1) is 7.18. The summed E-state index contributed by atoms with van der Waals surface area (Å²) in [5, 5.41) is -0.228. The van der Waals surface area contributed by atoms with Crippen molar-refractivity contribution in [2.45, 2.75) is 18.0 Å². The minimum Gasteiger partial charge on any atom is -0.336 e. The third kappa shape index (κ3) is 4.50. The molecule has 0 saturated heterocycles. The Balaban J connectivity index is 2.61. The standard InChI is InChI=1S/C7H11ClN2O4S2/c1-15(11,12)4-2-3-10-5-7(9-6-10)16(8,13)14/h5-6H,2-4H2,1H3. The Morgan fingerprint density at radius 2 is 2.00 bits per heavy atom. The van der Waals surface area contributed by atoms with Crippen molar-refractivity contribution in [1.82, 2.24) is 9.55 Å². The van der Waals surface area contributed by atoms with Crippen LogP contribution in [0.15, 0.2) is 17.6 Å². The van der Waals surface area contributed by atoms with Crippen LogP contribution in [0.4, 0.5) is 0 Å². The minimum absolute atomic E-state index is 0.0497. The van der Waals surface area contributed by atoms with E-state index in [4.69, 9.17) is 10.7 Å². The van der Waals surface area contributed by atoms with Gasteiger partial charge in [-0.1, -0.05) is 0 Å². The zero-order valence-electron chi connectivity index (χ0n) is 8.50. The maximum absolute atomic E-state index is 10.9. The van der Waals surface area contributed by atoms with Gasteiger partial charge in [-0.05, 0) is 6.42 Å². The molecular weight excluding hydrogens is 276 g/mol. The van der Waals surface area contributed by atoms with Crippen LogP contribution in [-0.4, -0.2) is 38.4 Å². The van der Waals surface area contributed by atoms with Crippen molar-refractivity contribution in [2.24, 2.45) is 0 Å². The molecule has 0 atom stereocenters. The maximum Gasteiger partial charge on any atom is 0.280 e. The molecule has 0 aliphatic rings. The Morgan fingerprint density at radius 1 is 1.38 bits per heavy atom. The molecule has 0 aliphatic carbocycles. The summed E-state index contributed by atoms with van der Waals surface area (Å²) in [6.07, 6.45) is 4.12. The second-order valence-electron chi connectivity index (χ2n) is 3.37. The lowest BCUT2D eigenvalue weighted by Crippen LogP contribution is -2.06. The predicted molar refractivity (Wildman–Crippen MR) is 59.6 cm³/mol. The van der Waals surface area contributed by atoms with Crippen molar-refractivity contribution in [3.05, 3.63) is 12.5 Å². The Morgan fingerprint density at radius 3 is 2.44 bits per heavy atom. The third-order valence-electron chi connectivity index (χ3n) is 1.79. The summed E-state index contributed by atoms with van der Waals surface area (Å²) in [5.74, 6) is 0.0497. The minimum atomic E-state index is -3.81. The second kappa shape index (κ2) is 4.72. The van der Waals surface area contributed by atoms with E-state index in [9.17, 15) is 16.8 Å². The van der Waals surface area contributed by atoms with Crippen molar-refractivity contribution in [1.29, 1.82) is 0 Å². The highest BCUT2D eigenvalue weighted by Crippen LogP contribution is 2.11. The molecule has 1 aromatic heterocycles. The fraction of sp³-hybridized carbons (Fsp3) is 0.571. The van der Waals surface area contributed by atoms with E-state index in [0.717, 1.165) is 6.26 Å². The van der Waals surface area contributed by atoms with Crippen LogP contribution in [0.2, 0.25) is 0 Å². The van der Waals surface area contributed by atoms with Gasteiger partial charge in [0.1, 0.15) is 9.84 Å². The van der Waals surface area contributed by atoms with Crippen LogP contribution >= 0.6 is 10.7 Å². The summed E-state index contributed by atoms with van der Waals surface area (Å²) in [7, 11) is -1.73. The van der Waals surface area contributed by atoms with E-state index in [1.54, 1.807) is 0 Å². The molecule has 92 valence electrons. The van der Waals surface area contributed by atoms with Gasteiger partial charge in [0.15, 0.2) is 5.03 Å². The summed E-state index contributed by atoms with van der Waals surface area (Å²) in [5.41, 5.74) is 0. The van der Waals surface area contributed by atoms with Crippen molar-refractivity contribution in [2.75, 3.05) is 12.0 Å². The van der Waals surface area contributed by atoms with Gasteiger partial charge in [-0.25, -0.2) is 21.8 Å². The molecule has 0 bridgehead atoms. The van der Waals surface area contributed by atoms with Crippen LogP contribution in [0.5, 0.6) is 0 Å². The summed E-state index contributed by atoms with van der Waals surface area (Å²) in [6, 6.07) is 0. The Labute approximate surface area is 98.6 Å². The highest BCUT2D eigenvalue weighted by atomic mass is 35.7. The number of rotatable bonds is 5. The molecule has 16 heavy (non-hydrogen) atoms. The summed E-state index contributed by atoms with van der Waals surface area (Å²) in [4.78, 5) is 3.60. The number of nitrogens with zero attached hydrogens (tertiary/aromatic N) is 2. The Kier molecular flexibility index (Phi) is 3.97. The average molecular weight is 287 g/mol. The van der Waals surface area contributed by atoms with Gasteiger partial charge < -0.3 is 4.57 Å². The fourth-order valence-electron chi connectivity index (χ4n) is 1.10. The molecule has 1 rings (SSSR count). The van der Waals surface area contributed by atoms with E-state index in [2.05, 4.69) is 4.98 Å². The van der Waals surface area contributed by atoms with E-state index < -0.39 is 18.9 Å². The fourth-order valence-corrected chi connectivity index (χ4v) is 2.42. The van der Waals surface area contributed by atoms with E-state index in [-0.39, 0.29) is 10.8 Å². The van der Waals surface area contributed by atoms with Crippen LogP contribution in [0, 0.1) is 0 Å². The molecule has 0 spiro atoms. The molecular formula is C7H11ClN2O4S2. The van der Waals surface area contributed by atoms with Gasteiger partial charge in [-0.3, -0.25) is 0 Å². The number of imidazole rings is 1. The molecule has 1 heterocycles. The Hall–Kier alpha value is -0.600. The summed E-state index contributed by atoms with van der Waals surface area (Å²) >= 11 is 0. The van der Waals surface area contributed by atoms with Gasteiger partial charge in [0, 0.05) is 29.7 Å². The molecule has 0 radical (unpaired) electrons. The number of aromatic nitrogens is 2. The quantitative estimate of drug-likeness (QED) is 0.724. The van der Waals surface area contributed by atoms with Gasteiger partial charge >= 0.3 is 0 Å². The van der Waals surface area contributed by atoms with Crippen LogP contribution in [-0.2, 0) is 25.4 Å². The third-order valence-corrected chi connectivity index (χ3v) is 4.01. The van der Waals surface area contributed by atoms with E-state index in [0.29, 0.717) is 13.0 Å². The van der Waals surface area contributed by atoms with Crippen LogP contribution in [0.25, 0.3) is 0 Å². The monoisotopic (exact) mass is 286 g/mol. The smallest absolute Gasteiger partial charge is 0.280 e. The lowest BCUT2D eigenvalue weighted by molar-refractivity contribution is 0.591. The summed E-state index contributed by atoms with van der Waals surface area (Å²) in [6.45, 7) is 0.381. The molecule has 0 fully saturated rings. The predicted octanol–water partition coefficient (Wildman–Crippen LogP) is 0.245. The van der Waals surface area contributed by atoms with Crippen LogP contribution in [0.1, 0.15) is 6.42 Å². The van der Waals surface area contributed by atoms with Crippen molar-refractivity contribution in [3.63, 3.8) is 0 Å². The van der Waals surface area contributed by atoms with Gasteiger partial charge in [0.2, 0.25) is 0 Å². The average Bonchev–Trinajstić information content (AvgIpc) is 2.49. The highest BCUT2D eigenvalue weighted by molar-refractivity contribution is 8.13. The number of aryl methyl sites for hydroxylation is 1. The normalized spacial score (nSPS) is 12.9. The molecule has 0 saturated carbocycles. The second-order valence-corrected chi connectivity index (χ2v) is 8.14. The Bertz CT molecular complexity index is 561. The van der Waals surface area contributed by atoms with Crippen LogP contribution < -0.4 is 0 Å². The lowest BCUT2D eigenvalue weighted by atomic mass is 10.5. The van der Waals surface area contributed by atoms with Gasteiger partial charge in [-0.2, -0.15) is 0 Å². The molecule has 0 aliphatic heterocycles. The summed E-state index contributed by atoms with van der Waals surface area (Å²) < 4.78 is 44.9. The highest BCUT2D eigenvalue weighted by Gasteiger charge is 2.13. The first-order valence-electron chi connectivity index (χ1n) is 4.33. The van der Waals surface area contributed by atoms with E-state index in [1.165, 1.54) is 17.1 Å². The number of halogens is 1. The van der Waals surface area contributed by atoms with Crippen molar-refractivity contribution in [3.8, 4) is 0 Å². The molecule has 0 aromatic carbocycles. The first-order valence-corrected chi connectivity index (χ1v) is 8.69. The maximum atomic E-state index is 10.9. The topological polar surface area (TPSA) is 86.1 Å².